The van der Waals surface area contributed by atoms with Crippen LogP contribution in [0.4, 0.5) is 0 Å². The van der Waals surface area contributed by atoms with E-state index in [-0.39, 0.29) is 4.90 Å². The summed E-state index contributed by atoms with van der Waals surface area (Å²) in [5, 5.41) is 2.55. The van der Waals surface area contributed by atoms with Crippen LogP contribution in [0.15, 0.2) is 34.5 Å². The number of sulfonamides is 1. The van der Waals surface area contributed by atoms with Crippen molar-refractivity contribution in [1.29, 1.82) is 0 Å². The third-order valence-electron chi connectivity index (χ3n) is 2.72. The van der Waals surface area contributed by atoms with Crippen LogP contribution in [0, 0.1) is 0 Å². The summed E-state index contributed by atoms with van der Waals surface area (Å²) in [7, 11) is 1.15. The first kappa shape index (κ1) is 15.1. The molecule has 1 aromatic heterocycles. The summed E-state index contributed by atoms with van der Waals surface area (Å²) in [5.41, 5.74) is 1.41. The molecule has 1 heterocycles. The van der Waals surface area contributed by atoms with Crippen LogP contribution in [-0.4, -0.2) is 38.9 Å². The average Bonchev–Trinajstić information content (AvgIpc) is 2.87. The highest BCUT2D eigenvalue weighted by molar-refractivity contribution is 7.89. The second-order valence-electron chi connectivity index (χ2n) is 4.36. The van der Waals surface area contributed by atoms with E-state index in [1.807, 2.05) is 5.38 Å². The molecule has 0 unspecified atom stereocenters. The lowest BCUT2D eigenvalue weighted by Gasteiger charge is -2.13. The zero-order chi connectivity index (χ0) is 14.8. The first-order chi connectivity index (χ1) is 9.46. The first-order valence-corrected chi connectivity index (χ1v) is 8.24. The summed E-state index contributed by atoms with van der Waals surface area (Å²) in [6.07, 6.45) is 0. The maximum Gasteiger partial charge on any atom is 0.243 e. The smallest absolute Gasteiger partial charge is 0.243 e. The van der Waals surface area contributed by atoms with Crippen molar-refractivity contribution in [2.24, 2.45) is 0 Å². The fraction of sp³-hybridized carbons (Fsp3) is 0.308. The average molecular weight is 312 g/mol. The molecule has 108 valence electrons. The molecule has 0 aliphatic heterocycles. The molecule has 0 amide bonds. The highest BCUT2D eigenvalue weighted by Crippen LogP contribution is 2.31. The van der Waals surface area contributed by atoms with Gasteiger partial charge in [0.15, 0.2) is 0 Å². The van der Waals surface area contributed by atoms with Crippen molar-refractivity contribution in [3.8, 4) is 10.6 Å². The molecule has 2 rings (SSSR count). The number of rotatable bonds is 5. The van der Waals surface area contributed by atoms with Crippen molar-refractivity contribution in [2.45, 2.75) is 11.5 Å². The van der Waals surface area contributed by atoms with E-state index < -0.39 is 10.0 Å². The molecule has 0 atom stereocenters. The molecule has 2 aromatic rings. The van der Waals surface area contributed by atoms with Crippen LogP contribution >= 0.6 is 11.3 Å². The van der Waals surface area contributed by atoms with E-state index in [1.54, 1.807) is 31.4 Å². The Morgan fingerprint density at radius 2 is 2.00 bits per heavy atom. The summed E-state index contributed by atoms with van der Waals surface area (Å²) in [4.78, 5) is 4.68. The second kappa shape index (κ2) is 6.01. The van der Waals surface area contributed by atoms with Gasteiger partial charge in [0.2, 0.25) is 10.0 Å². The third kappa shape index (κ3) is 2.90. The van der Waals surface area contributed by atoms with E-state index >= 15 is 0 Å². The first-order valence-electron chi connectivity index (χ1n) is 5.92. The zero-order valence-electron chi connectivity index (χ0n) is 11.5. The molecule has 0 aliphatic rings. The summed E-state index contributed by atoms with van der Waals surface area (Å²) < 4.78 is 30.9. The Kier molecular flexibility index (Phi) is 4.54. The van der Waals surface area contributed by atoms with Gasteiger partial charge in [0.1, 0.15) is 5.01 Å². The number of hydrogen-bond donors (Lipinski definition) is 0. The van der Waals surface area contributed by atoms with Gasteiger partial charge in [-0.25, -0.2) is 17.7 Å². The van der Waals surface area contributed by atoms with Gasteiger partial charge in [-0.15, -0.1) is 11.3 Å². The van der Waals surface area contributed by atoms with Crippen molar-refractivity contribution in [2.75, 3.05) is 21.2 Å². The van der Waals surface area contributed by atoms with Crippen LogP contribution in [-0.2, 0) is 21.4 Å². The van der Waals surface area contributed by atoms with Gasteiger partial charge in [0.25, 0.3) is 0 Å². The molecule has 0 aliphatic carbocycles. The van der Waals surface area contributed by atoms with Gasteiger partial charge < -0.3 is 4.74 Å². The van der Waals surface area contributed by atoms with Crippen LogP contribution in [0.1, 0.15) is 5.69 Å². The van der Waals surface area contributed by atoms with E-state index in [4.69, 9.17) is 4.74 Å². The van der Waals surface area contributed by atoms with Gasteiger partial charge in [-0.2, -0.15) is 0 Å². The summed E-state index contributed by atoms with van der Waals surface area (Å²) in [5.74, 6) is 0. The van der Waals surface area contributed by atoms with Gasteiger partial charge in [-0.05, 0) is 6.07 Å². The molecule has 0 saturated carbocycles. The Labute approximate surface area is 122 Å². The van der Waals surface area contributed by atoms with Gasteiger partial charge >= 0.3 is 0 Å². The fourth-order valence-corrected chi connectivity index (χ4v) is 3.70. The zero-order valence-corrected chi connectivity index (χ0v) is 13.2. The number of aromatic nitrogens is 1. The normalized spacial score (nSPS) is 12.0. The van der Waals surface area contributed by atoms with Crippen LogP contribution in [0.3, 0.4) is 0 Å². The Balaban J connectivity index is 2.52. The number of benzene rings is 1. The Bertz CT molecular complexity index is 693. The molecule has 20 heavy (non-hydrogen) atoms. The number of thiazole rings is 1. The number of nitrogens with zero attached hydrogens (tertiary/aromatic N) is 2. The lowest BCUT2D eigenvalue weighted by atomic mass is 10.2. The van der Waals surface area contributed by atoms with Gasteiger partial charge in [-0.3, -0.25) is 0 Å². The Hall–Kier alpha value is -1.28. The molecular weight excluding hydrogens is 296 g/mol. The molecular formula is C13H16N2O3S2. The number of hydrogen-bond acceptors (Lipinski definition) is 5. The minimum Gasteiger partial charge on any atom is -0.378 e. The molecule has 0 spiro atoms. The van der Waals surface area contributed by atoms with Crippen LogP contribution in [0.25, 0.3) is 10.6 Å². The summed E-state index contributed by atoms with van der Waals surface area (Å²) in [6.45, 7) is 0.416. The molecule has 0 saturated heterocycles. The van der Waals surface area contributed by atoms with Crippen molar-refractivity contribution >= 4 is 21.4 Å². The molecule has 5 nitrogen and oxygen atoms in total. The predicted octanol–water partition coefficient (Wildman–Crippen LogP) is 2.21. The summed E-state index contributed by atoms with van der Waals surface area (Å²) in [6, 6.07) is 6.89. The van der Waals surface area contributed by atoms with E-state index in [2.05, 4.69) is 4.98 Å². The molecule has 0 bridgehead atoms. The highest BCUT2D eigenvalue weighted by atomic mass is 32.2. The number of methoxy groups -OCH3 is 1. The van der Waals surface area contributed by atoms with Crippen molar-refractivity contribution in [3.05, 3.63) is 35.3 Å². The SMILES string of the molecule is COCc1csc(-c2ccccc2S(=O)(=O)N(C)C)n1. The van der Waals surface area contributed by atoms with E-state index in [1.165, 1.54) is 29.7 Å². The largest absolute Gasteiger partial charge is 0.378 e. The molecule has 0 N–H and O–H groups in total. The Morgan fingerprint density at radius 3 is 2.65 bits per heavy atom. The van der Waals surface area contributed by atoms with Crippen LogP contribution in [0.5, 0.6) is 0 Å². The van der Waals surface area contributed by atoms with Crippen molar-refractivity contribution in [1.82, 2.24) is 9.29 Å². The monoisotopic (exact) mass is 312 g/mol. The van der Waals surface area contributed by atoms with Crippen LogP contribution in [0.2, 0.25) is 0 Å². The maximum absolute atomic E-state index is 12.3. The van der Waals surface area contributed by atoms with Gasteiger partial charge in [0.05, 0.1) is 17.2 Å². The van der Waals surface area contributed by atoms with Gasteiger partial charge in [-0.1, -0.05) is 18.2 Å². The van der Waals surface area contributed by atoms with Crippen LogP contribution < -0.4 is 0 Å². The standard InChI is InChI=1S/C13H16N2O3S2/c1-15(2)20(16,17)12-7-5-4-6-11(12)13-14-10(8-18-3)9-19-13/h4-7,9H,8H2,1-3H3. The third-order valence-corrected chi connectivity index (χ3v) is 5.52. The molecule has 1 aromatic carbocycles. The quantitative estimate of drug-likeness (QED) is 0.849. The van der Waals surface area contributed by atoms with E-state index in [0.29, 0.717) is 17.2 Å². The van der Waals surface area contributed by atoms with Crippen molar-refractivity contribution in [3.63, 3.8) is 0 Å². The second-order valence-corrected chi connectivity index (χ2v) is 7.34. The lowest BCUT2D eigenvalue weighted by Crippen LogP contribution is -2.22. The summed E-state index contributed by atoms with van der Waals surface area (Å²) >= 11 is 1.41. The van der Waals surface area contributed by atoms with Crippen molar-refractivity contribution < 1.29 is 13.2 Å². The minimum atomic E-state index is -3.49. The van der Waals surface area contributed by atoms with Gasteiger partial charge in [0, 0.05) is 32.1 Å². The fourth-order valence-electron chi connectivity index (χ4n) is 1.71. The predicted molar refractivity (Wildman–Crippen MR) is 79.1 cm³/mol. The minimum absolute atomic E-state index is 0.267. The van der Waals surface area contributed by atoms with E-state index in [9.17, 15) is 8.42 Å². The highest BCUT2D eigenvalue weighted by Gasteiger charge is 2.22. The Morgan fingerprint density at radius 1 is 1.30 bits per heavy atom. The topological polar surface area (TPSA) is 59.5 Å². The molecule has 0 fully saturated rings. The van der Waals surface area contributed by atoms with E-state index in [0.717, 1.165) is 5.69 Å². The molecule has 0 radical (unpaired) electrons. The lowest BCUT2D eigenvalue weighted by molar-refractivity contribution is 0.182. The molecule has 7 heteroatoms. The number of ether oxygens (including phenoxy) is 1. The maximum atomic E-state index is 12.3.